The van der Waals surface area contributed by atoms with Gasteiger partial charge in [-0.05, 0) is 51.8 Å². The number of carbonyl (C=O) groups excluding carboxylic acids is 1. The molecule has 0 unspecified atom stereocenters. The topological polar surface area (TPSA) is 84.8 Å². The molecule has 0 aliphatic heterocycles. The first-order valence-corrected chi connectivity index (χ1v) is 13.1. The van der Waals surface area contributed by atoms with Gasteiger partial charge in [-0.1, -0.05) is 36.4 Å². The van der Waals surface area contributed by atoms with E-state index in [1.165, 1.54) is 36.8 Å². The second-order valence-corrected chi connectivity index (χ2v) is 9.83. The molecular formula is C27H22BrF3N4O3S. The molecule has 0 aliphatic rings. The third-order valence-electron chi connectivity index (χ3n) is 5.25. The van der Waals surface area contributed by atoms with Crippen LogP contribution < -0.4 is 20.2 Å². The average Bonchev–Trinajstić information content (AvgIpc) is 3.35. The summed E-state index contributed by atoms with van der Waals surface area (Å²) in [5.41, 5.74) is 4.05. The maximum absolute atomic E-state index is 12.9. The van der Waals surface area contributed by atoms with Gasteiger partial charge in [-0.3, -0.25) is 4.79 Å². The molecule has 0 saturated heterocycles. The summed E-state index contributed by atoms with van der Waals surface area (Å²) in [7, 11) is 1.53. The van der Waals surface area contributed by atoms with Crippen LogP contribution in [0.15, 0.2) is 81.7 Å². The van der Waals surface area contributed by atoms with Gasteiger partial charge in [0.05, 0.1) is 31.0 Å². The summed E-state index contributed by atoms with van der Waals surface area (Å²) in [6.07, 6.45) is -3.04. The molecule has 1 heterocycles. The molecule has 3 aromatic carbocycles. The summed E-state index contributed by atoms with van der Waals surface area (Å²) in [6.45, 7) is 0.376. The van der Waals surface area contributed by atoms with Crippen molar-refractivity contribution in [1.82, 2.24) is 10.4 Å². The van der Waals surface area contributed by atoms with Gasteiger partial charge in [0.1, 0.15) is 6.61 Å². The van der Waals surface area contributed by atoms with E-state index in [1.807, 2.05) is 30.3 Å². The van der Waals surface area contributed by atoms with Crippen molar-refractivity contribution in [1.29, 1.82) is 0 Å². The van der Waals surface area contributed by atoms with Crippen molar-refractivity contribution in [3.63, 3.8) is 0 Å². The number of nitrogens with one attached hydrogen (secondary N) is 2. The molecule has 0 atom stereocenters. The van der Waals surface area contributed by atoms with E-state index in [2.05, 4.69) is 36.8 Å². The highest BCUT2D eigenvalue weighted by molar-refractivity contribution is 9.10. The number of thiazole rings is 1. The molecule has 7 nitrogen and oxygen atoms in total. The Morgan fingerprint density at radius 2 is 1.90 bits per heavy atom. The van der Waals surface area contributed by atoms with Crippen LogP contribution in [0, 0.1) is 0 Å². The fourth-order valence-electron chi connectivity index (χ4n) is 3.38. The molecule has 39 heavy (non-hydrogen) atoms. The van der Waals surface area contributed by atoms with Gasteiger partial charge in [-0.15, -0.1) is 11.3 Å². The van der Waals surface area contributed by atoms with Gasteiger partial charge in [0, 0.05) is 21.1 Å². The molecule has 0 spiro atoms. The Balaban J connectivity index is 1.32. The second-order valence-electron chi connectivity index (χ2n) is 8.12. The van der Waals surface area contributed by atoms with Crippen molar-refractivity contribution in [2.45, 2.75) is 19.2 Å². The zero-order valence-electron chi connectivity index (χ0n) is 20.5. The quantitative estimate of drug-likeness (QED) is 0.148. The van der Waals surface area contributed by atoms with E-state index in [0.29, 0.717) is 39.0 Å². The number of benzene rings is 3. The molecule has 2 N–H and O–H groups in total. The van der Waals surface area contributed by atoms with Gasteiger partial charge in [-0.25, -0.2) is 10.4 Å². The molecule has 1 amide bonds. The number of methoxy groups -OCH3 is 1. The van der Waals surface area contributed by atoms with Crippen LogP contribution in [0.3, 0.4) is 0 Å². The van der Waals surface area contributed by atoms with E-state index in [4.69, 9.17) is 9.47 Å². The smallest absolute Gasteiger partial charge is 0.416 e. The maximum atomic E-state index is 12.9. The molecule has 0 fully saturated rings. The van der Waals surface area contributed by atoms with Crippen LogP contribution in [0.1, 0.15) is 22.4 Å². The van der Waals surface area contributed by atoms with Gasteiger partial charge < -0.3 is 14.8 Å². The number of alkyl halides is 3. The molecule has 12 heteroatoms. The number of nitrogens with zero attached hydrogens (tertiary/aromatic N) is 2. The highest BCUT2D eigenvalue weighted by atomic mass is 79.9. The number of halogens is 4. The van der Waals surface area contributed by atoms with Crippen molar-refractivity contribution in [3.05, 3.63) is 99.0 Å². The minimum Gasteiger partial charge on any atom is -0.493 e. The molecule has 4 aromatic rings. The van der Waals surface area contributed by atoms with Crippen LogP contribution in [-0.4, -0.2) is 24.2 Å². The predicted molar refractivity (Wildman–Crippen MR) is 148 cm³/mol. The van der Waals surface area contributed by atoms with Crippen LogP contribution >= 0.6 is 27.3 Å². The molecule has 0 saturated carbocycles. The minimum atomic E-state index is -4.44. The van der Waals surface area contributed by atoms with E-state index in [0.717, 1.165) is 17.7 Å². The van der Waals surface area contributed by atoms with Crippen molar-refractivity contribution in [3.8, 4) is 11.5 Å². The molecule has 0 bridgehead atoms. The third kappa shape index (κ3) is 8.04. The summed E-state index contributed by atoms with van der Waals surface area (Å²) < 4.78 is 50.8. The molecule has 202 valence electrons. The Bertz CT molecular complexity index is 1460. The number of aromatic nitrogens is 1. The highest BCUT2D eigenvalue weighted by Crippen LogP contribution is 2.34. The fourth-order valence-corrected chi connectivity index (χ4v) is 4.53. The summed E-state index contributed by atoms with van der Waals surface area (Å²) in [5.74, 6) is 0.644. The first-order valence-electron chi connectivity index (χ1n) is 11.5. The van der Waals surface area contributed by atoms with Gasteiger partial charge in [0.25, 0.3) is 0 Å². The Morgan fingerprint density at radius 1 is 1.10 bits per heavy atom. The molecule has 1 aromatic heterocycles. The van der Waals surface area contributed by atoms with Crippen molar-refractivity contribution >= 4 is 50.2 Å². The number of rotatable bonds is 10. The summed E-state index contributed by atoms with van der Waals surface area (Å²) in [5, 5.41) is 8.85. The minimum absolute atomic E-state index is 0.0606. The maximum Gasteiger partial charge on any atom is 0.416 e. The third-order valence-corrected chi connectivity index (χ3v) is 6.74. The number of hydrogen-bond donors (Lipinski definition) is 2. The van der Waals surface area contributed by atoms with E-state index in [-0.39, 0.29) is 12.1 Å². The van der Waals surface area contributed by atoms with E-state index >= 15 is 0 Å². The van der Waals surface area contributed by atoms with Crippen LogP contribution in [-0.2, 0) is 24.0 Å². The number of ether oxygens (including phenoxy) is 2. The van der Waals surface area contributed by atoms with Crippen LogP contribution in [0.25, 0.3) is 0 Å². The first kappa shape index (κ1) is 28.1. The Morgan fingerprint density at radius 3 is 2.64 bits per heavy atom. The Hall–Kier alpha value is -3.90. The zero-order chi connectivity index (χ0) is 27.8. The SMILES string of the molecule is COc1cc(/C=N\NC(=O)Cc2csc(Nc3cccc(C(F)(F)F)c3)n2)c(Br)cc1OCc1ccccc1. The summed E-state index contributed by atoms with van der Waals surface area (Å²) in [4.78, 5) is 16.6. The number of hydrogen-bond acceptors (Lipinski definition) is 7. The van der Waals surface area contributed by atoms with Crippen LogP contribution in [0.5, 0.6) is 11.5 Å². The highest BCUT2D eigenvalue weighted by Gasteiger charge is 2.30. The fraction of sp³-hybridized carbons (Fsp3) is 0.148. The molecule has 0 radical (unpaired) electrons. The second kappa shape index (κ2) is 12.8. The van der Waals surface area contributed by atoms with E-state index in [9.17, 15) is 18.0 Å². The number of anilines is 2. The largest absolute Gasteiger partial charge is 0.493 e. The summed E-state index contributed by atoms with van der Waals surface area (Å²) >= 11 is 4.66. The Labute approximate surface area is 234 Å². The van der Waals surface area contributed by atoms with E-state index < -0.39 is 17.6 Å². The van der Waals surface area contributed by atoms with Crippen molar-refractivity contribution in [2.24, 2.45) is 5.10 Å². The van der Waals surface area contributed by atoms with Crippen molar-refractivity contribution < 1.29 is 27.4 Å². The predicted octanol–water partition coefficient (Wildman–Crippen LogP) is 6.95. The molecular weight excluding hydrogens is 597 g/mol. The first-order chi connectivity index (χ1) is 18.7. The molecule has 4 rings (SSSR count). The lowest BCUT2D eigenvalue weighted by atomic mass is 10.2. The lowest BCUT2D eigenvalue weighted by molar-refractivity contribution is -0.137. The standard InChI is InChI=1S/C27H22BrF3N4O3S/c1-37-23-10-18(22(28)13-24(23)38-15-17-6-3-2-4-7-17)14-32-35-25(36)12-21-16-39-26(34-21)33-20-9-5-8-19(11-20)27(29,30)31/h2-11,13-14,16H,12,15H2,1H3,(H,33,34)(H,35,36)/b32-14-. The van der Waals surface area contributed by atoms with Gasteiger partial charge in [-0.2, -0.15) is 18.3 Å². The lowest BCUT2D eigenvalue weighted by Gasteiger charge is -2.12. The number of hydrazone groups is 1. The lowest BCUT2D eigenvalue weighted by Crippen LogP contribution is -2.20. The van der Waals surface area contributed by atoms with Crippen LogP contribution in [0.4, 0.5) is 24.0 Å². The van der Waals surface area contributed by atoms with Crippen LogP contribution in [0.2, 0.25) is 0 Å². The van der Waals surface area contributed by atoms with Gasteiger partial charge in [0.2, 0.25) is 5.91 Å². The van der Waals surface area contributed by atoms with Crippen molar-refractivity contribution in [2.75, 3.05) is 12.4 Å². The monoisotopic (exact) mass is 618 g/mol. The zero-order valence-corrected chi connectivity index (χ0v) is 22.9. The number of carbonyl (C=O) groups is 1. The Kier molecular flexibility index (Phi) is 9.20. The summed E-state index contributed by atoms with van der Waals surface area (Å²) in [6, 6.07) is 18.0. The van der Waals surface area contributed by atoms with Gasteiger partial charge in [0.15, 0.2) is 16.6 Å². The number of amides is 1. The average molecular weight is 619 g/mol. The molecule has 0 aliphatic carbocycles. The normalized spacial score (nSPS) is 11.4. The van der Waals surface area contributed by atoms with Gasteiger partial charge >= 0.3 is 6.18 Å². The van der Waals surface area contributed by atoms with E-state index in [1.54, 1.807) is 17.5 Å².